The molecular formula is C20H22Cl2N2O. The van der Waals surface area contributed by atoms with Crippen molar-refractivity contribution < 1.29 is 4.79 Å². The number of amides is 1. The number of nitrogens with one attached hydrogen (secondary N) is 1. The number of hydrogen-bond acceptors (Lipinski definition) is 2. The molecule has 1 fully saturated rings. The molecule has 2 aromatic rings. The molecule has 0 aromatic heterocycles. The Hall–Kier alpha value is -1.55. The second-order valence-corrected chi connectivity index (χ2v) is 7.30. The van der Waals surface area contributed by atoms with Crippen LogP contribution in [0.5, 0.6) is 0 Å². The maximum absolute atomic E-state index is 12.3. The monoisotopic (exact) mass is 376 g/mol. The molecule has 0 unspecified atom stereocenters. The number of carbonyl (C=O) groups is 1. The summed E-state index contributed by atoms with van der Waals surface area (Å²) >= 11 is 12.0. The molecule has 2 aromatic carbocycles. The van der Waals surface area contributed by atoms with E-state index in [0.717, 1.165) is 12.1 Å². The largest absolute Gasteiger partial charge is 0.348 e. The normalized spacial score (nSPS) is 15.1. The molecule has 3 rings (SSSR count). The van der Waals surface area contributed by atoms with Gasteiger partial charge in [-0.05, 0) is 61.3 Å². The molecule has 1 aliphatic rings. The van der Waals surface area contributed by atoms with Crippen molar-refractivity contribution >= 4 is 29.1 Å². The van der Waals surface area contributed by atoms with Gasteiger partial charge in [-0.2, -0.15) is 0 Å². The van der Waals surface area contributed by atoms with Crippen molar-refractivity contribution in [2.75, 3.05) is 13.1 Å². The van der Waals surface area contributed by atoms with Crippen LogP contribution in [0.4, 0.5) is 0 Å². The van der Waals surface area contributed by atoms with Gasteiger partial charge in [0.25, 0.3) is 5.91 Å². The fourth-order valence-electron chi connectivity index (χ4n) is 3.08. The van der Waals surface area contributed by atoms with E-state index < -0.39 is 0 Å². The first-order valence-electron chi connectivity index (χ1n) is 8.65. The number of nitrogens with zero attached hydrogens (tertiary/aromatic N) is 1. The minimum atomic E-state index is -0.101. The van der Waals surface area contributed by atoms with Crippen LogP contribution in [0.3, 0.4) is 0 Å². The lowest BCUT2D eigenvalue weighted by molar-refractivity contribution is 0.0951. The highest BCUT2D eigenvalue weighted by Gasteiger charge is 2.11. The third-order valence-electron chi connectivity index (χ3n) is 4.53. The maximum Gasteiger partial charge on any atom is 0.251 e. The lowest BCUT2D eigenvalue weighted by atomic mass is 10.1. The van der Waals surface area contributed by atoms with Crippen molar-refractivity contribution in [2.45, 2.75) is 32.4 Å². The Morgan fingerprint density at radius 3 is 2.40 bits per heavy atom. The standard InChI is InChI=1S/C20H22Cl2N2O/c21-18-9-8-17(19(22)12-18)13-23-20(25)16-6-4-15(5-7-16)14-24-10-2-1-3-11-24/h4-9,12H,1-3,10-11,13-14H2,(H,23,25). The lowest BCUT2D eigenvalue weighted by Crippen LogP contribution is -2.29. The molecule has 5 heteroatoms. The van der Waals surface area contributed by atoms with Crippen LogP contribution in [0, 0.1) is 0 Å². The van der Waals surface area contributed by atoms with Crippen LogP contribution < -0.4 is 5.32 Å². The van der Waals surface area contributed by atoms with Crippen LogP contribution >= 0.6 is 23.2 Å². The van der Waals surface area contributed by atoms with Gasteiger partial charge in [-0.25, -0.2) is 0 Å². The number of halogens is 2. The average Bonchev–Trinajstić information content (AvgIpc) is 2.62. The van der Waals surface area contributed by atoms with Crippen LogP contribution in [0.15, 0.2) is 42.5 Å². The van der Waals surface area contributed by atoms with E-state index in [1.54, 1.807) is 12.1 Å². The van der Waals surface area contributed by atoms with Gasteiger partial charge in [-0.15, -0.1) is 0 Å². The highest BCUT2D eigenvalue weighted by atomic mass is 35.5. The molecule has 0 atom stereocenters. The van der Waals surface area contributed by atoms with Gasteiger partial charge in [0.05, 0.1) is 0 Å². The second kappa shape index (κ2) is 8.70. The number of carbonyl (C=O) groups excluding carboxylic acids is 1. The molecule has 3 nitrogen and oxygen atoms in total. The topological polar surface area (TPSA) is 32.3 Å². The highest BCUT2D eigenvalue weighted by Crippen LogP contribution is 2.21. The van der Waals surface area contributed by atoms with Gasteiger partial charge in [-0.3, -0.25) is 9.69 Å². The summed E-state index contributed by atoms with van der Waals surface area (Å²) in [5.41, 5.74) is 2.76. The van der Waals surface area contributed by atoms with E-state index >= 15 is 0 Å². The molecule has 1 amide bonds. The first-order chi connectivity index (χ1) is 12.1. The molecule has 1 saturated heterocycles. The van der Waals surface area contributed by atoms with Gasteiger partial charge >= 0.3 is 0 Å². The summed E-state index contributed by atoms with van der Waals surface area (Å²) in [5, 5.41) is 4.05. The van der Waals surface area contributed by atoms with E-state index in [1.807, 2.05) is 30.3 Å². The zero-order valence-electron chi connectivity index (χ0n) is 14.1. The van der Waals surface area contributed by atoms with E-state index in [0.29, 0.717) is 22.2 Å². The van der Waals surface area contributed by atoms with Crippen LogP contribution in [0.1, 0.15) is 40.7 Å². The molecular weight excluding hydrogens is 355 g/mol. The Morgan fingerprint density at radius 1 is 1.00 bits per heavy atom. The summed E-state index contributed by atoms with van der Waals surface area (Å²) in [7, 11) is 0. The van der Waals surface area contributed by atoms with Crippen molar-refractivity contribution in [1.29, 1.82) is 0 Å². The summed E-state index contributed by atoms with van der Waals surface area (Å²) in [5.74, 6) is -0.101. The molecule has 0 saturated carbocycles. The Kier molecular flexibility index (Phi) is 6.35. The van der Waals surface area contributed by atoms with Crippen molar-refractivity contribution in [1.82, 2.24) is 10.2 Å². The molecule has 0 aliphatic carbocycles. The molecule has 25 heavy (non-hydrogen) atoms. The van der Waals surface area contributed by atoms with Crippen LogP contribution in [-0.4, -0.2) is 23.9 Å². The van der Waals surface area contributed by atoms with E-state index in [-0.39, 0.29) is 5.91 Å². The molecule has 0 radical (unpaired) electrons. The smallest absolute Gasteiger partial charge is 0.251 e. The van der Waals surface area contributed by atoms with Gasteiger partial charge in [0, 0.05) is 28.7 Å². The van der Waals surface area contributed by atoms with E-state index in [2.05, 4.69) is 10.2 Å². The first kappa shape index (κ1) is 18.2. The van der Waals surface area contributed by atoms with Gasteiger partial charge in [0.15, 0.2) is 0 Å². The summed E-state index contributed by atoms with van der Waals surface area (Å²) < 4.78 is 0. The Bertz CT molecular complexity index is 725. The lowest BCUT2D eigenvalue weighted by Gasteiger charge is -2.26. The predicted octanol–water partition coefficient (Wildman–Crippen LogP) is 4.91. The summed E-state index contributed by atoms with van der Waals surface area (Å²) in [6, 6.07) is 13.1. The fraction of sp³-hybridized carbons (Fsp3) is 0.350. The van der Waals surface area contributed by atoms with Gasteiger partial charge < -0.3 is 5.32 Å². The second-order valence-electron chi connectivity index (χ2n) is 6.45. The van der Waals surface area contributed by atoms with Crippen molar-refractivity contribution in [2.24, 2.45) is 0 Å². The number of likely N-dealkylation sites (tertiary alicyclic amines) is 1. The van der Waals surface area contributed by atoms with Crippen LogP contribution in [0.25, 0.3) is 0 Å². The van der Waals surface area contributed by atoms with Crippen molar-refractivity contribution in [3.8, 4) is 0 Å². The summed E-state index contributed by atoms with van der Waals surface area (Å²) in [6.45, 7) is 3.68. The maximum atomic E-state index is 12.3. The summed E-state index contributed by atoms with van der Waals surface area (Å²) in [6.07, 6.45) is 3.91. The Labute approximate surface area is 158 Å². The highest BCUT2D eigenvalue weighted by molar-refractivity contribution is 6.35. The van der Waals surface area contributed by atoms with E-state index in [1.165, 1.54) is 37.9 Å². The molecule has 1 aliphatic heterocycles. The predicted molar refractivity (Wildman–Crippen MR) is 103 cm³/mol. The molecule has 1 N–H and O–H groups in total. The SMILES string of the molecule is O=C(NCc1ccc(Cl)cc1Cl)c1ccc(CN2CCCCC2)cc1. The van der Waals surface area contributed by atoms with Crippen LogP contribution in [0.2, 0.25) is 10.0 Å². The van der Waals surface area contributed by atoms with E-state index in [4.69, 9.17) is 23.2 Å². The zero-order chi connectivity index (χ0) is 17.6. The van der Waals surface area contributed by atoms with Crippen LogP contribution in [-0.2, 0) is 13.1 Å². The van der Waals surface area contributed by atoms with Gasteiger partial charge in [0.2, 0.25) is 0 Å². The van der Waals surface area contributed by atoms with Gasteiger partial charge in [-0.1, -0.05) is 47.8 Å². The first-order valence-corrected chi connectivity index (χ1v) is 9.41. The van der Waals surface area contributed by atoms with Gasteiger partial charge in [0.1, 0.15) is 0 Å². The van der Waals surface area contributed by atoms with Crippen molar-refractivity contribution in [3.63, 3.8) is 0 Å². The molecule has 0 spiro atoms. The molecule has 1 heterocycles. The number of benzene rings is 2. The Morgan fingerprint density at radius 2 is 1.72 bits per heavy atom. The number of hydrogen-bond donors (Lipinski definition) is 1. The molecule has 0 bridgehead atoms. The van der Waals surface area contributed by atoms with E-state index in [9.17, 15) is 4.79 Å². The zero-order valence-corrected chi connectivity index (χ0v) is 15.6. The minimum absolute atomic E-state index is 0.101. The number of piperidine rings is 1. The third-order valence-corrected chi connectivity index (χ3v) is 5.11. The fourth-order valence-corrected chi connectivity index (χ4v) is 3.56. The quantitative estimate of drug-likeness (QED) is 0.803. The summed E-state index contributed by atoms with van der Waals surface area (Å²) in [4.78, 5) is 14.8. The minimum Gasteiger partial charge on any atom is -0.348 e. The average molecular weight is 377 g/mol. The number of rotatable bonds is 5. The Balaban J connectivity index is 1.55. The molecule has 132 valence electrons. The van der Waals surface area contributed by atoms with Crippen molar-refractivity contribution in [3.05, 3.63) is 69.2 Å². The third kappa shape index (κ3) is 5.21.